The highest BCUT2D eigenvalue weighted by Crippen LogP contribution is 2.15. The van der Waals surface area contributed by atoms with Gasteiger partial charge in [-0.25, -0.2) is 5.90 Å². The minimum absolute atomic E-state index is 0.330. The zero-order valence-corrected chi connectivity index (χ0v) is 8.69. The number of hydrogen-bond acceptors (Lipinski definition) is 3. The fourth-order valence-corrected chi connectivity index (χ4v) is 1.35. The first-order valence-corrected chi connectivity index (χ1v) is 4.67. The molecule has 0 aliphatic carbocycles. The van der Waals surface area contributed by atoms with Crippen molar-refractivity contribution in [2.24, 2.45) is 5.90 Å². The molecule has 0 aromatic heterocycles. The minimum atomic E-state index is 0.330. The van der Waals surface area contributed by atoms with Crippen LogP contribution in [0, 0.1) is 0 Å². The van der Waals surface area contributed by atoms with E-state index < -0.39 is 0 Å². The molecule has 0 spiro atoms. The Hall–Kier alpha value is -0.900. The Morgan fingerprint density at radius 3 is 2.43 bits per heavy atom. The van der Waals surface area contributed by atoms with Gasteiger partial charge in [0.05, 0.1) is 13.2 Å². The molecule has 0 bridgehead atoms. The fraction of sp³-hybridized carbons (Fsp3) is 0.455. The Morgan fingerprint density at radius 1 is 1.29 bits per heavy atom. The molecule has 1 aromatic carbocycles. The molecule has 2 N–H and O–H groups in total. The van der Waals surface area contributed by atoms with E-state index >= 15 is 0 Å². The number of nitrogens with two attached hydrogens (primary N) is 1. The van der Waals surface area contributed by atoms with Gasteiger partial charge in [0.25, 0.3) is 0 Å². The summed E-state index contributed by atoms with van der Waals surface area (Å²) in [6.45, 7) is 3.28. The van der Waals surface area contributed by atoms with Crippen LogP contribution < -0.4 is 5.90 Å². The van der Waals surface area contributed by atoms with Crippen LogP contribution in [0.1, 0.15) is 24.0 Å². The molecule has 1 aromatic rings. The predicted octanol–water partition coefficient (Wildman–Crippen LogP) is 1.83. The third-order valence-corrected chi connectivity index (χ3v) is 2.21. The lowest BCUT2D eigenvalue weighted by Gasteiger charge is -2.10. The smallest absolute Gasteiger partial charge is 0.0745 e. The van der Waals surface area contributed by atoms with Gasteiger partial charge in [-0.3, -0.25) is 0 Å². The van der Waals surface area contributed by atoms with Crippen LogP contribution in [-0.2, 0) is 16.2 Å². The highest BCUT2D eigenvalue weighted by atomic mass is 16.6. The molecule has 0 radical (unpaired) electrons. The fourth-order valence-electron chi connectivity index (χ4n) is 1.35. The number of rotatable bonds is 5. The first-order chi connectivity index (χ1) is 6.77. The quantitative estimate of drug-likeness (QED) is 0.729. The zero-order valence-electron chi connectivity index (χ0n) is 8.69. The standard InChI is InChI=1S/C11H17NO2/c1-9(7-14-12)11-5-3-10(4-6-11)8-13-2/h3-6,9H,7-8,12H2,1-2H3. The van der Waals surface area contributed by atoms with Crippen LogP contribution in [0.15, 0.2) is 24.3 Å². The van der Waals surface area contributed by atoms with E-state index in [0.717, 1.165) is 0 Å². The molecular formula is C11H17NO2. The molecule has 0 amide bonds. The van der Waals surface area contributed by atoms with E-state index in [1.165, 1.54) is 11.1 Å². The van der Waals surface area contributed by atoms with Gasteiger partial charge in [-0.05, 0) is 11.1 Å². The number of methoxy groups -OCH3 is 1. The molecule has 0 saturated heterocycles. The highest BCUT2D eigenvalue weighted by Gasteiger charge is 2.04. The minimum Gasteiger partial charge on any atom is -0.380 e. The molecule has 0 fully saturated rings. The van der Waals surface area contributed by atoms with Crippen molar-refractivity contribution in [2.45, 2.75) is 19.4 Å². The summed E-state index contributed by atoms with van der Waals surface area (Å²) < 4.78 is 5.03. The van der Waals surface area contributed by atoms with E-state index in [9.17, 15) is 0 Å². The van der Waals surface area contributed by atoms with Crippen molar-refractivity contribution in [3.8, 4) is 0 Å². The summed E-state index contributed by atoms with van der Waals surface area (Å²) in [5, 5.41) is 0. The monoisotopic (exact) mass is 195 g/mol. The summed E-state index contributed by atoms with van der Waals surface area (Å²) in [5.74, 6) is 5.35. The van der Waals surface area contributed by atoms with Crippen molar-refractivity contribution in [3.63, 3.8) is 0 Å². The summed E-state index contributed by atoms with van der Waals surface area (Å²) in [6.07, 6.45) is 0. The lowest BCUT2D eigenvalue weighted by Crippen LogP contribution is -2.08. The maximum atomic E-state index is 5.03. The topological polar surface area (TPSA) is 44.5 Å². The zero-order chi connectivity index (χ0) is 10.4. The molecule has 3 nitrogen and oxygen atoms in total. The Labute approximate surface area is 84.8 Å². The second-order valence-electron chi connectivity index (χ2n) is 3.41. The number of ether oxygens (including phenoxy) is 1. The van der Waals surface area contributed by atoms with Crippen molar-refractivity contribution >= 4 is 0 Å². The second-order valence-corrected chi connectivity index (χ2v) is 3.41. The van der Waals surface area contributed by atoms with Gasteiger partial charge in [-0.2, -0.15) is 0 Å². The van der Waals surface area contributed by atoms with Gasteiger partial charge in [0.15, 0.2) is 0 Å². The van der Waals surface area contributed by atoms with Crippen LogP contribution >= 0.6 is 0 Å². The van der Waals surface area contributed by atoms with E-state index in [1.807, 2.05) is 0 Å². The van der Waals surface area contributed by atoms with E-state index in [2.05, 4.69) is 36.0 Å². The van der Waals surface area contributed by atoms with Crippen LogP contribution in [0.3, 0.4) is 0 Å². The van der Waals surface area contributed by atoms with Crippen molar-refractivity contribution in [3.05, 3.63) is 35.4 Å². The average molecular weight is 195 g/mol. The van der Waals surface area contributed by atoms with Crippen LogP contribution in [0.4, 0.5) is 0 Å². The molecule has 0 saturated carbocycles. The largest absolute Gasteiger partial charge is 0.380 e. The summed E-state index contributed by atoms with van der Waals surface area (Å²) in [4.78, 5) is 4.61. The lowest BCUT2D eigenvalue weighted by atomic mass is 10.0. The normalized spacial score (nSPS) is 12.8. The molecule has 78 valence electrons. The van der Waals surface area contributed by atoms with Gasteiger partial charge < -0.3 is 9.57 Å². The van der Waals surface area contributed by atoms with Crippen LogP contribution in [0.25, 0.3) is 0 Å². The van der Waals surface area contributed by atoms with Crippen molar-refractivity contribution < 1.29 is 9.57 Å². The molecular weight excluding hydrogens is 178 g/mol. The maximum absolute atomic E-state index is 5.03. The highest BCUT2D eigenvalue weighted by molar-refractivity contribution is 5.24. The third-order valence-electron chi connectivity index (χ3n) is 2.21. The Bertz CT molecular complexity index is 258. The molecule has 14 heavy (non-hydrogen) atoms. The summed E-state index contributed by atoms with van der Waals surface area (Å²) >= 11 is 0. The van der Waals surface area contributed by atoms with Gasteiger partial charge in [-0.15, -0.1) is 0 Å². The SMILES string of the molecule is COCc1ccc(C(C)CON)cc1. The van der Waals surface area contributed by atoms with E-state index in [4.69, 9.17) is 10.6 Å². The van der Waals surface area contributed by atoms with Crippen molar-refractivity contribution in [1.82, 2.24) is 0 Å². The molecule has 1 atom stereocenters. The first-order valence-electron chi connectivity index (χ1n) is 4.67. The van der Waals surface area contributed by atoms with E-state index in [1.54, 1.807) is 7.11 Å². The molecule has 0 heterocycles. The number of hydrogen-bond donors (Lipinski definition) is 1. The Kier molecular flexibility index (Phi) is 4.59. The van der Waals surface area contributed by atoms with Gasteiger partial charge in [0.1, 0.15) is 0 Å². The maximum Gasteiger partial charge on any atom is 0.0745 e. The number of benzene rings is 1. The Balaban J connectivity index is 2.62. The molecule has 1 rings (SSSR count). The summed E-state index contributed by atoms with van der Waals surface area (Å²) in [5.41, 5.74) is 2.41. The van der Waals surface area contributed by atoms with Crippen LogP contribution in [0.2, 0.25) is 0 Å². The van der Waals surface area contributed by atoms with Gasteiger partial charge in [-0.1, -0.05) is 31.2 Å². The molecule has 1 unspecified atom stereocenters. The van der Waals surface area contributed by atoms with E-state index in [-0.39, 0.29) is 0 Å². The molecule has 3 heteroatoms. The summed E-state index contributed by atoms with van der Waals surface area (Å²) in [7, 11) is 1.69. The van der Waals surface area contributed by atoms with E-state index in [0.29, 0.717) is 19.1 Å². The van der Waals surface area contributed by atoms with Gasteiger partial charge >= 0.3 is 0 Å². The van der Waals surface area contributed by atoms with Crippen molar-refractivity contribution in [1.29, 1.82) is 0 Å². The summed E-state index contributed by atoms with van der Waals surface area (Å²) in [6, 6.07) is 8.29. The second kappa shape index (κ2) is 5.75. The van der Waals surface area contributed by atoms with Crippen LogP contribution in [0.5, 0.6) is 0 Å². The Morgan fingerprint density at radius 2 is 1.93 bits per heavy atom. The molecule has 0 aliphatic heterocycles. The van der Waals surface area contributed by atoms with Gasteiger partial charge in [0, 0.05) is 13.0 Å². The van der Waals surface area contributed by atoms with Crippen molar-refractivity contribution in [2.75, 3.05) is 13.7 Å². The lowest BCUT2D eigenvalue weighted by molar-refractivity contribution is 0.126. The third kappa shape index (κ3) is 3.10. The van der Waals surface area contributed by atoms with Gasteiger partial charge in [0.2, 0.25) is 0 Å². The molecule has 0 aliphatic rings. The predicted molar refractivity (Wildman–Crippen MR) is 55.7 cm³/mol. The first kappa shape index (κ1) is 11.2. The average Bonchev–Trinajstić information content (AvgIpc) is 2.20. The van der Waals surface area contributed by atoms with Crippen LogP contribution in [-0.4, -0.2) is 13.7 Å².